The molecule has 4 rings (SSSR count). The molecule has 0 aliphatic carbocycles. The van der Waals surface area contributed by atoms with Crippen LogP contribution in [0.4, 0.5) is 5.69 Å². The minimum Gasteiger partial charge on any atom is -0.482 e. The Balaban J connectivity index is 1.62. The summed E-state index contributed by atoms with van der Waals surface area (Å²) in [5.41, 5.74) is 2.63. The van der Waals surface area contributed by atoms with Gasteiger partial charge in [0, 0.05) is 5.56 Å². The van der Waals surface area contributed by atoms with Gasteiger partial charge in [-0.3, -0.25) is 9.59 Å². The molecule has 1 N–H and O–H groups in total. The summed E-state index contributed by atoms with van der Waals surface area (Å²) in [6, 6.07) is 12.4. The maximum Gasteiger partial charge on any atom is 0.265 e. The topological polar surface area (TPSA) is 97.5 Å². The van der Waals surface area contributed by atoms with Crippen molar-refractivity contribution in [2.45, 2.75) is 6.54 Å². The van der Waals surface area contributed by atoms with Crippen molar-refractivity contribution in [3.63, 3.8) is 0 Å². The molecule has 1 amide bonds. The number of aliphatic hydroxyl groups is 1. The van der Waals surface area contributed by atoms with Gasteiger partial charge in [-0.2, -0.15) is 5.10 Å². The monoisotopic (exact) mass is 364 g/mol. The molecular weight excluding hydrogens is 348 g/mol. The Bertz CT molecular complexity index is 983. The van der Waals surface area contributed by atoms with Gasteiger partial charge >= 0.3 is 0 Å². The second-order valence-electron chi connectivity index (χ2n) is 6.04. The van der Waals surface area contributed by atoms with Gasteiger partial charge in [0.1, 0.15) is 25.0 Å². The van der Waals surface area contributed by atoms with E-state index in [1.54, 1.807) is 34.1 Å². The number of benzene rings is 2. The highest BCUT2D eigenvalue weighted by Gasteiger charge is 2.26. The molecule has 0 saturated carbocycles. The number of carbonyl (C=O) groups excluding carboxylic acids is 2. The maximum absolute atomic E-state index is 12.4. The molecule has 1 aliphatic rings. The van der Waals surface area contributed by atoms with Crippen LogP contribution in [0.3, 0.4) is 0 Å². The Morgan fingerprint density at radius 2 is 2.00 bits per heavy atom. The number of ether oxygens (including phenoxy) is 1. The number of ketones is 1. The third kappa shape index (κ3) is 3.30. The predicted octanol–water partition coefficient (Wildman–Crippen LogP) is 1.37. The molecule has 27 heavy (non-hydrogen) atoms. The number of fused-ring (bicyclic) bond motifs is 1. The van der Waals surface area contributed by atoms with Crippen molar-refractivity contribution >= 4 is 17.4 Å². The van der Waals surface area contributed by atoms with Gasteiger partial charge in [0.05, 0.1) is 17.9 Å². The summed E-state index contributed by atoms with van der Waals surface area (Å²) in [6.07, 6.45) is 3.07. The predicted molar refractivity (Wildman–Crippen MR) is 95.9 cm³/mol. The summed E-state index contributed by atoms with van der Waals surface area (Å²) in [7, 11) is 0. The number of hydrogen-bond acceptors (Lipinski definition) is 6. The molecule has 8 heteroatoms. The lowest BCUT2D eigenvalue weighted by atomic mass is 10.1. The van der Waals surface area contributed by atoms with Gasteiger partial charge < -0.3 is 14.7 Å². The lowest BCUT2D eigenvalue weighted by Crippen LogP contribution is -2.38. The average Bonchev–Trinajstić information content (AvgIpc) is 3.24. The molecule has 0 spiro atoms. The number of aliphatic hydroxyl groups excluding tert-OH is 1. The molecule has 0 saturated heterocycles. The lowest BCUT2D eigenvalue weighted by Gasteiger charge is -2.30. The van der Waals surface area contributed by atoms with E-state index in [9.17, 15) is 9.59 Å². The molecule has 2 aromatic carbocycles. The summed E-state index contributed by atoms with van der Waals surface area (Å²) >= 11 is 0. The van der Waals surface area contributed by atoms with E-state index in [0.29, 0.717) is 23.5 Å². The number of amides is 1. The lowest BCUT2D eigenvalue weighted by molar-refractivity contribution is -0.121. The molecule has 0 bridgehead atoms. The van der Waals surface area contributed by atoms with Crippen LogP contribution in [-0.2, 0) is 11.3 Å². The minimum atomic E-state index is -0.586. The van der Waals surface area contributed by atoms with Crippen molar-refractivity contribution in [2.24, 2.45) is 0 Å². The van der Waals surface area contributed by atoms with E-state index in [2.05, 4.69) is 10.1 Å². The molecule has 1 aliphatic heterocycles. The zero-order valence-electron chi connectivity index (χ0n) is 14.3. The third-order valence-electron chi connectivity index (χ3n) is 4.33. The van der Waals surface area contributed by atoms with E-state index < -0.39 is 12.4 Å². The first-order valence-corrected chi connectivity index (χ1v) is 8.31. The van der Waals surface area contributed by atoms with Crippen molar-refractivity contribution < 1.29 is 19.4 Å². The van der Waals surface area contributed by atoms with Crippen molar-refractivity contribution in [1.82, 2.24) is 14.8 Å². The van der Waals surface area contributed by atoms with Crippen molar-refractivity contribution in [2.75, 3.05) is 18.1 Å². The van der Waals surface area contributed by atoms with Gasteiger partial charge in [-0.15, -0.1) is 0 Å². The smallest absolute Gasteiger partial charge is 0.265 e. The fraction of sp³-hybridized carbons (Fsp3) is 0.158. The second kappa shape index (κ2) is 7.00. The van der Waals surface area contributed by atoms with E-state index in [0.717, 1.165) is 11.3 Å². The van der Waals surface area contributed by atoms with E-state index in [1.165, 1.54) is 6.33 Å². The molecule has 2 heterocycles. The highest BCUT2D eigenvalue weighted by atomic mass is 16.5. The fourth-order valence-corrected chi connectivity index (χ4v) is 2.92. The first-order valence-electron chi connectivity index (χ1n) is 8.31. The minimum absolute atomic E-state index is 0.0582. The summed E-state index contributed by atoms with van der Waals surface area (Å²) in [6.45, 7) is -0.307. The number of hydrogen-bond donors (Lipinski definition) is 1. The van der Waals surface area contributed by atoms with Crippen molar-refractivity contribution in [3.05, 3.63) is 66.2 Å². The maximum atomic E-state index is 12.4. The van der Waals surface area contributed by atoms with Crippen LogP contribution in [0.25, 0.3) is 5.69 Å². The Kier molecular flexibility index (Phi) is 4.39. The normalized spacial score (nSPS) is 13.2. The van der Waals surface area contributed by atoms with Gasteiger partial charge in [0.25, 0.3) is 5.91 Å². The van der Waals surface area contributed by atoms with Crippen LogP contribution in [-0.4, -0.2) is 44.8 Å². The molecule has 8 nitrogen and oxygen atoms in total. The molecule has 0 unspecified atom stereocenters. The first-order chi connectivity index (χ1) is 13.2. The number of carbonyl (C=O) groups is 2. The third-order valence-corrected chi connectivity index (χ3v) is 4.33. The van der Waals surface area contributed by atoms with E-state index >= 15 is 0 Å². The van der Waals surface area contributed by atoms with Crippen molar-refractivity contribution in [1.29, 1.82) is 0 Å². The van der Waals surface area contributed by atoms with Gasteiger partial charge in [0.15, 0.2) is 12.4 Å². The average molecular weight is 364 g/mol. The van der Waals surface area contributed by atoms with Gasteiger partial charge in [-0.25, -0.2) is 9.67 Å². The SMILES string of the molecule is O=C(CO)c1ccc2c(c1)N(Cc1ccc(-n3cncn3)cc1)C(=O)CO2. The van der Waals surface area contributed by atoms with E-state index in [-0.39, 0.29) is 12.5 Å². The zero-order chi connectivity index (χ0) is 18.8. The van der Waals surface area contributed by atoms with Gasteiger partial charge in [-0.1, -0.05) is 12.1 Å². The Morgan fingerprint density at radius 1 is 1.19 bits per heavy atom. The largest absolute Gasteiger partial charge is 0.482 e. The molecule has 0 atom stereocenters. The molecular formula is C19H16N4O4. The van der Waals surface area contributed by atoms with Crippen LogP contribution in [0.2, 0.25) is 0 Å². The Hall–Kier alpha value is -3.52. The quantitative estimate of drug-likeness (QED) is 0.687. The Labute approximate surface area is 154 Å². The number of aromatic nitrogens is 3. The summed E-state index contributed by atoms with van der Waals surface area (Å²) in [4.78, 5) is 29.7. The molecule has 1 aromatic heterocycles. The summed E-state index contributed by atoms with van der Waals surface area (Å²) in [5.74, 6) is -0.0762. The van der Waals surface area contributed by atoms with Gasteiger partial charge in [-0.05, 0) is 35.9 Å². The van der Waals surface area contributed by atoms with Crippen LogP contribution in [0.1, 0.15) is 15.9 Å². The molecule has 136 valence electrons. The van der Waals surface area contributed by atoms with Gasteiger partial charge in [0.2, 0.25) is 0 Å². The zero-order valence-corrected chi connectivity index (χ0v) is 14.3. The van der Waals surface area contributed by atoms with Crippen LogP contribution >= 0.6 is 0 Å². The number of rotatable bonds is 5. The summed E-state index contributed by atoms with van der Waals surface area (Å²) < 4.78 is 7.10. The molecule has 3 aromatic rings. The molecule has 0 radical (unpaired) electrons. The Morgan fingerprint density at radius 3 is 2.70 bits per heavy atom. The highest BCUT2D eigenvalue weighted by molar-refractivity contribution is 6.02. The standard InChI is InChI=1S/C19H16N4O4/c24-9-17(25)14-3-6-18-16(7-14)22(19(26)10-27-18)8-13-1-4-15(5-2-13)23-12-20-11-21-23/h1-7,11-12,24H,8-10H2. The number of Topliss-reactive ketones (excluding diaryl/α,β-unsaturated/α-hetero) is 1. The second-order valence-corrected chi connectivity index (χ2v) is 6.04. The van der Waals surface area contributed by atoms with Crippen LogP contribution in [0.15, 0.2) is 55.1 Å². The van der Waals surface area contributed by atoms with Crippen molar-refractivity contribution in [3.8, 4) is 11.4 Å². The fourth-order valence-electron chi connectivity index (χ4n) is 2.92. The van der Waals surface area contributed by atoms with E-state index in [4.69, 9.17) is 9.84 Å². The highest BCUT2D eigenvalue weighted by Crippen LogP contribution is 2.34. The van der Waals surface area contributed by atoms with Crippen LogP contribution < -0.4 is 9.64 Å². The van der Waals surface area contributed by atoms with Crippen LogP contribution in [0.5, 0.6) is 5.75 Å². The molecule has 0 fully saturated rings. The number of anilines is 1. The van der Waals surface area contributed by atoms with E-state index in [1.807, 2.05) is 24.3 Å². The summed E-state index contributed by atoms with van der Waals surface area (Å²) in [5, 5.41) is 13.2. The first kappa shape index (κ1) is 16.9. The number of nitrogens with zero attached hydrogens (tertiary/aromatic N) is 4. The van der Waals surface area contributed by atoms with Crippen LogP contribution in [0, 0.1) is 0 Å².